The molecule has 0 amide bonds. The molecule has 1 aromatic rings. The number of hydrogen-bond donors (Lipinski definition) is 0. The average molecular weight is 256 g/mol. The molecule has 0 saturated heterocycles. The Balaban J connectivity index is 2.17. The lowest BCUT2D eigenvalue weighted by Gasteiger charge is -2.21. The molecule has 1 aromatic carbocycles. The lowest BCUT2D eigenvalue weighted by atomic mass is 10.0. The van der Waals surface area contributed by atoms with Crippen LogP contribution in [-0.2, 0) is 0 Å². The number of rotatable bonds is 3. The molecule has 92 valence electrons. The molecular weight excluding hydrogens is 242 g/mol. The van der Waals surface area contributed by atoms with Crippen molar-refractivity contribution in [3.05, 3.63) is 29.3 Å². The molecule has 2 rings (SSSR count). The van der Waals surface area contributed by atoms with Crippen LogP contribution < -0.4 is 0 Å². The third-order valence-electron chi connectivity index (χ3n) is 2.99. The predicted molar refractivity (Wildman–Crippen MR) is 64.5 cm³/mol. The maximum atomic E-state index is 13.6. The van der Waals surface area contributed by atoms with Crippen LogP contribution in [0.3, 0.4) is 0 Å². The van der Waals surface area contributed by atoms with Crippen molar-refractivity contribution in [3.63, 3.8) is 0 Å². The Morgan fingerprint density at radius 2 is 1.71 bits per heavy atom. The Kier molecular flexibility index (Phi) is 4.15. The third kappa shape index (κ3) is 3.06. The van der Waals surface area contributed by atoms with Crippen molar-refractivity contribution in [2.24, 2.45) is 0 Å². The summed E-state index contributed by atoms with van der Waals surface area (Å²) in [6, 6.07) is 2.20. The molecule has 1 aliphatic rings. The maximum absolute atomic E-state index is 13.6. The number of hydrogen-bond acceptors (Lipinski definition) is 2. The molecular formula is C13H14F2OS. The van der Waals surface area contributed by atoms with Gasteiger partial charge in [0.15, 0.2) is 0 Å². The summed E-state index contributed by atoms with van der Waals surface area (Å²) < 4.78 is 27.3. The molecule has 0 aromatic heterocycles. The zero-order valence-corrected chi connectivity index (χ0v) is 10.2. The minimum atomic E-state index is -0.623. The monoisotopic (exact) mass is 256 g/mol. The van der Waals surface area contributed by atoms with Gasteiger partial charge in [-0.15, -0.1) is 11.8 Å². The van der Waals surface area contributed by atoms with Crippen LogP contribution in [0.1, 0.15) is 42.5 Å². The molecule has 0 heterocycles. The first-order valence-corrected chi connectivity index (χ1v) is 6.69. The van der Waals surface area contributed by atoms with Gasteiger partial charge in [0, 0.05) is 10.8 Å². The van der Waals surface area contributed by atoms with Crippen molar-refractivity contribution in [1.29, 1.82) is 0 Å². The first-order valence-electron chi connectivity index (χ1n) is 5.81. The molecule has 17 heavy (non-hydrogen) atoms. The van der Waals surface area contributed by atoms with E-state index >= 15 is 0 Å². The second kappa shape index (κ2) is 5.63. The average Bonchev–Trinajstić information content (AvgIpc) is 2.35. The van der Waals surface area contributed by atoms with Crippen molar-refractivity contribution in [3.8, 4) is 0 Å². The molecule has 1 saturated carbocycles. The maximum Gasteiger partial charge on any atom is 0.150 e. The van der Waals surface area contributed by atoms with Crippen LogP contribution in [0.5, 0.6) is 0 Å². The van der Waals surface area contributed by atoms with Crippen LogP contribution in [0.15, 0.2) is 17.0 Å². The minimum Gasteiger partial charge on any atom is -0.298 e. The standard InChI is InChI=1S/C13H14F2OS/c14-11-6-9(8-16)7-12(15)13(11)17-10-4-2-1-3-5-10/h6-8,10H,1-5H2. The number of benzene rings is 1. The van der Waals surface area contributed by atoms with Gasteiger partial charge < -0.3 is 0 Å². The van der Waals surface area contributed by atoms with E-state index in [2.05, 4.69) is 0 Å². The molecule has 0 atom stereocenters. The number of carbonyl (C=O) groups is 1. The molecule has 4 heteroatoms. The molecule has 0 unspecified atom stereocenters. The van der Waals surface area contributed by atoms with Gasteiger partial charge >= 0.3 is 0 Å². The summed E-state index contributed by atoms with van der Waals surface area (Å²) in [5.74, 6) is -1.25. The Morgan fingerprint density at radius 1 is 1.12 bits per heavy atom. The topological polar surface area (TPSA) is 17.1 Å². The molecule has 1 fully saturated rings. The van der Waals surface area contributed by atoms with Crippen LogP contribution >= 0.6 is 11.8 Å². The summed E-state index contributed by atoms with van der Waals surface area (Å²) in [5.41, 5.74) is 0.0491. The van der Waals surface area contributed by atoms with Gasteiger partial charge in [-0.05, 0) is 25.0 Å². The summed E-state index contributed by atoms with van der Waals surface area (Å²) >= 11 is 1.27. The second-order valence-electron chi connectivity index (χ2n) is 4.31. The normalized spacial score (nSPS) is 17.1. The zero-order valence-electron chi connectivity index (χ0n) is 9.42. The van der Waals surface area contributed by atoms with Gasteiger partial charge in [0.2, 0.25) is 0 Å². The van der Waals surface area contributed by atoms with Gasteiger partial charge in [0.1, 0.15) is 17.9 Å². The minimum absolute atomic E-state index is 0.0491. The van der Waals surface area contributed by atoms with Crippen LogP contribution in [0.4, 0.5) is 8.78 Å². The summed E-state index contributed by atoms with van der Waals surface area (Å²) in [7, 11) is 0. The molecule has 1 aliphatic carbocycles. The predicted octanol–water partition coefficient (Wildman–Crippen LogP) is 4.20. The highest BCUT2D eigenvalue weighted by Crippen LogP contribution is 2.36. The number of halogens is 2. The van der Waals surface area contributed by atoms with E-state index in [-0.39, 0.29) is 10.5 Å². The molecule has 0 bridgehead atoms. The van der Waals surface area contributed by atoms with E-state index in [1.165, 1.54) is 18.2 Å². The quantitative estimate of drug-likeness (QED) is 0.754. The second-order valence-corrected chi connectivity index (χ2v) is 5.62. The molecule has 0 radical (unpaired) electrons. The fourth-order valence-electron chi connectivity index (χ4n) is 2.11. The van der Waals surface area contributed by atoms with E-state index in [4.69, 9.17) is 0 Å². The van der Waals surface area contributed by atoms with Gasteiger partial charge in [0.05, 0.1) is 4.90 Å². The first kappa shape index (κ1) is 12.6. The van der Waals surface area contributed by atoms with Gasteiger partial charge in [-0.2, -0.15) is 0 Å². The Labute approximate surface area is 104 Å². The largest absolute Gasteiger partial charge is 0.298 e. The number of aldehydes is 1. The Morgan fingerprint density at radius 3 is 2.24 bits per heavy atom. The summed E-state index contributed by atoms with van der Waals surface area (Å²) in [4.78, 5) is 10.5. The van der Waals surface area contributed by atoms with Crippen molar-refractivity contribution < 1.29 is 13.6 Å². The summed E-state index contributed by atoms with van der Waals surface area (Å²) in [5, 5.41) is 0.301. The zero-order chi connectivity index (χ0) is 12.3. The summed E-state index contributed by atoms with van der Waals surface area (Å²) in [6.45, 7) is 0. The number of thioether (sulfide) groups is 1. The number of carbonyl (C=O) groups excluding carboxylic acids is 1. The van der Waals surface area contributed by atoms with Crippen molar-refractivity contribution in [1.82, 2.24) is 0 Å². The van der Waals surface area contributed by atoms with Gasteiger partial charge in [-0.1, -0.05) is 19.3 Å². The fraction of sp³-hybridized carbons (Fsp3) is 0.462. The highest BCUT2D eigenvalue weighted by molar-refractivity contribution is 8.00. The highest BCUT2D eigenvalue weighted by Gasteiger charge is 2.19. The lowest BCUT2D eigenvalue weighted by molar-refractivity contribution is 0.112. The SMILES string of the molecule is O=Cc1cc(F)c(SC2CCCCC2)c(F)c1. The Hall–Kier alpha value is -0.900. The smallest absolute Gasteiger partial charge is 0.150 e. The fourth-order valence-corrected chi connectivity index (χ4v) is 3.36. The van der Waals surface area contributed by atoms with Gasteiger partial charge in [0.25, 0.3) is 0 Å². The van der Waals surface area contributed by atoms with Crippen LogP contribution in [0, 0.1) is 11.6 Å². The van der Waals surface area contributed by atoms with Crippen LogP contribution in [0.25, 0.3) is 0 Å². The van der Waals surface area contributed by atoms with Crippen molar-refractivity contribution >= 4 is 18.0 Å². The van der Waals surface area contributed by atoms with Crippen molar-refractivity contribution in [2.45, 2.75) is 42.2 Å². The first-order chi connectivity index (χ1) is 8.20. The van der Waals surface area contributed by atoms with E-state index in [0.717, 1.165) is 37.8 Å². The highest BCUT2D eigenvalue weighted by atomic mass is 32.2. The van der Waals surface area contributed by atoms with E-state index < -0.39 is 11.6 Å². The Bertz CT molecular complexity index is 391. The van der Waals surface area contributed by atoms with E-state index in [1.807, 2.05) is 0 Å². The van der Waals surface area contributed by atoms with Gasteiger partial charge in [-0.3, -0.25) is 4.79 Å². The molecule has 0 spiro atoms. The van der Waals surface area contributed by atoms with Crippen LogP contribution in [-0.4, -0.2) is 11.5 Å². The van der Waals surface area contributed by atoms with E-state index in [9.17, 15) is 13.6 Å². The lowest BCUT2D eigenvalue weighted by Crippen LogP contribution is -2.09. The van der Waals surface area contributed by atoms with E-state index in [1.54, 1.807) is 0 Å². The van der Waals surface area contributed by atoms with Gasteiger partial charge in [-0.25, -0.2) is 8.78 Å². The third-order valence-corrected chi connectivity index (χ3v) is 4.42. The molecule has 1 nitrogen and oxygen atoms in total. The molecule has 0 aliphatic heterocycles. The van der Waals surface area contributed by atoms with Crippen LogP contribution in [0.2, 0.25) is 0 Å². The molecule has 0 N–H and O–H groups in total. The summed E-state index contributed by atoms with van der Waals surface area (Å²) in [6.07, 6.45) is 5.96. The van der Waals surface area contributed by atoms with E-state index in [0.29, 0.717) is 11.5 Å². The van der Waals surface area contributed by atoms with Crippen molar-refractivity contribution in [2.75, 3.05) is 0 Å².